The fourth-order valence-electron chi connectivity index (χ4n) is 1.89. The molecule has 1 heterocycles. The Morgan fingerprint density at radius 3 is 2.78 bits per heavy atom. The number of anilines is 1. The standard InChI is InChI=1S/C15H18N4O3S/c1-10(2)19-9-16-18-15(19)23-8-13(20)17-12-7-5-4-6-11(12)14(21)22-3/h4-7,9-10H,8H2,1-3H3,(H,17,20). The van der Waals surface area contributed by atoms with E-state index in [1.165, 1.54) is 18.9 Å². The van der Waals surface area contributed by atoms with E-state index in [9.17, 15) is 9.59 Å². The van der Waals surface area contributed by atoms with Crippen LogP contribution in [0.15, 0.2) is 35.7 Å². The quantitative estimate of drug-likeness (QED) is 0.645. The molecule has 2 aromatic rings. The molecule has 0 bridgehead atoms. The Morgan fingerprint density at radius 1 is 1.35 bits per heavy atom. The van der Waals surface area contributed by atoms with Crippen molar-refractivity contribution in [3.05, 3.63) is 36.2 Å². The van der Waals surface area contributed by atoms with E-state index in [0.29, 0.717) is 16.4 Å². The molecule has 0 unspecified atom stereocenters. The summed E-state index contributed by atoms with van der Waals surface area (Å²) in [6, 6.07) is 6.93. The third kappa shape index (κ3) is 4.32. The van der Waals surface area contributed by atoms with E-state index in [-0.39, 0.29) is 17.7 Å². The van der Waals surface area contributed by atoms with E-state index in [1.54, 1.807) is 30.6 Å². The number of rotatable bonds is 6. The Bertz CT molecular complexity index is 700. The topological polar surface area (TPSA) is 86.1 Å². The minimum Gasteiger partial charge on any atom is -0.465 e. The number of para-hydroxylation sites is 1. The maximum atomic E-state index is 12.1. The van der Waals surface area contributed by atoms with Crippen LogP contribution in [0, 0.1) is 0 Å². The van der Waals surface area contributed by atoms with Crippen molar-refractivity contribution in [2.24, 2.45) is 0 Å². The van der Waals surface area contributed by atoms with Gasteiger partial charge < -0.3 is 14.6 Å². The second-order valence-corrected chi connectivity index (χ2v) is 5.93. The van der Waals surface area contributed by atoms with Gasteiger partial charge in [-0.3, -0.25) is 4.79 Å². The van der Waals surface area contributed by atoms with Crippen molar-refractivity contribution in [3.8, 4) is 0 Å². The Labute approximate surface area is 138 Å². The first kappa shape index (κ1) is 17.0. The summed E-state index contributed by atoms with van der Waals surface area (Å²) >= 11 is 1.29. The summed E-state index contributed by atoms with van der Waals surface area (Å²) in [5.74, 6) is -0.557. The highest BCUT2D eigenvalue weighted by atomic mass is 32.2. The molecule has 0 fully saturated rings. The monoisotopic (exact) mass is 334 g/mol. The molecule has 0 radical (unpaired) electrons. The average Bonchev–Trinajstić information content (AvgIpc) is 3.01. The lowest BCUT2D eigenvalue weighted by molar-refractivity contribution is -0.113. The number of nitrogens with zero attached hydrogens (tertiary/aromatic N) is 3. The first-order valence-corrected chi connectivity index (χ1v) is 8.01. The van der Waals surface area contributed by atoms with Gasteiger partial charge in [-0.25, -0.2) is 4.79 Å². The van der Waals surface area contributed by atoms with E-state index in [1.807, 2.05) is 18.4 Å². The van der Waals surface area contributed by atoms with Crippen molar-refractivity contribution in [2.75, 3.05) is 18.2 Å². The molecular formula is C15H18N4O3S. The maximum Gasteiger partial charge on any atom is 0.339 e. The van der Waals surface area contributed by atoms with E-state index < -0.39 is 5.97 Å². The van der Waals surface area contributed by atoms with E-state index in [2.05, 4.69) is 15.5 Å². The van der Waals surface area contributed by atoms with Gasteiger partial charge in [0.1, 0.15) is 6.33 Å². The smallest absolute Gasteiger partial charge is 0.339 e. The molecule has 0 saturated heterocycles. The van der Waals surface area contributed by atoms with Crippen LogP contribution < -0.4 is 5.32 Å². The zero-order chi connectivity index (χ0) is 16.8. The van der Waals surface area contributed by atoms with Crippen LogP contribution in [0.4, 0.5) is 5.69 Å². The summed E-state index contributed by atoms with van der Waals surface area (Å²) in [6.07, 6.45) is 1.64. The molecule has 23 heavy (non-hydrogen) atoms. The van der Waals surface area contributed by atoms with Crippen molar-refractivity contribution in [1.29, 1.82) is 0 Å². The van der Waals surface area contributed by atoms with Gasteiger partial charge in [0, 0.05) is 6.04 Å². The van der Waals surface area contributed by atoms with Crippen LogP contribution in [-0.2, 0) is 9.53 Å². The highest BCUT2D eigenvalue weighted by molar-refractivity contribution is 7.99. The number of benzene rings is 1. The Kier molecular flexibility index (Phi) is 5.75. The van der Waals surface area contributed by atoms with Gasteiger partial charge in [-0.2, -0.15) is 0 Å². The van der Waals surface area contributed by atoms with Gasteiger partial charge in [-0.1, -0.05) is 23.9 Å². The molecule has 8 heteroatoms. The number of hydrogen-bond acceptors (Lipinski definition) is 6. The van der Waals surface area contributed by atoms with Crippen molar-refractivity contribution in [2.45, 2.75) is 25.0 Å². The van der Waals surface area contributed by atoms with Gasteiger partial charge in [0.2, 0.25) is 5.91 Å². The second kappa shape index (κ2) is 7.77. The normalized spacial score (nSPS) is 10.6. The number of aromatic nitrogens is 3. The molecule has 0 atom stereocenters. The first-order valence-electron chi connectivity index (χ1n) is 7.02. The molecule has 0 spiro atoms. The molecule has 1 aromatic heterocycles. The zero-order valence-corrected chi connectivity index (χ0v) is 14.0. The van der Waals surface area contributed by atoms with E-state index in [0.717, 1.165) is 0 Å². The molecular weight excluding hydrogens is 316 g/mol. The van der Waals surface area contributed by atoms with Crippen LogP contribution in [0.2, 0.25) is 0 Å². The molecule has 1 N–H and O–H groups in total. The number of esters is 1. The van der Waals surface area contributed by atoms with Gasteiger partial charge in [0.05, 0.1) is 24.1 Å². The SMILES string of the molecule is COC(=O)c1ccccc1NC(=O)CSc1nncn1C(C)C. The number of thioether (sulfide) groups is 1. The lowest BCUT2D eigenvalue weighted by Gasteiger charge is -2.11. The minimum atomic E-state index is -0.492. The number of carbonyl (C=O) groups excluding carboxylic acids is 2. The van der Waals surface area contributed by atoms with Crippen molar-refractivity contribution in [1.82, 2.24) is 14.8 Å². The Hall–Kier alpha value is -2.35. The van der Waals surface area contributed by atoms with Crippen LogP contribution in [0.5, 0.6) is 0 Å². The van der Waals surface area contributed by atoms with E-state index in [4.69, 9.17) is 4.74 Å². The second-order valence-electron chi connectivity index (χ2n) is 4.99. The number of hydrogen-bond donors (Lipinski definition) is 1. The van der Waals surface area contributed by atoms with Crippen LogP contribution in [0.25, 0.3) is 0 Å². The predicted molar refractivity (Wildman–Crippen MR) is 87.5 cm³/mol. The van der Waals surface area contributed by atoms with Crippen molar-refractivity contribution in [3.63, 3.8) is 0 Å². The molecule has 2 rings (SSSR count). The molecule has 0 aliphatic carbocycles. The molecule has 1 amide bonds. The van der Waals surface area contributed by atoms with Gasteiger partial charge in [0.15, 0.2) is 5.16 Å². The van der Waals surface area contributed by atoms with Crippen molar-refractivity contribution < 1.29 is 14.3 Å². The van der Waals surface area contributed by atoms with E-state index >= 15 is 0 Å². The molecule has 0 aliphatic rings. The molecule has 0 saturated carbocycles. The molecule has 122 valence electrons. The van der Waals surface area contributed by atoms with Gasteiger partial charge in [-0.15, -0.1) is 10.2 Å². The first-order chi connectivity index (χ1) is 11.0. The third-order valence-corrected chi connectivity index (χ3v) is 3.99. The highest BCUT2D eigenvalue weighted by Gasteiger charge is 2.15. The summed E-state index contributed by atoms with van der Waals surface area (Å²) in [4.78, 5) is 23.8. The minimum absolute atomic E-state index is 0.168. The number of carbonyl (C=O) groups is 2. The number of nitrogens with one attached hydrogen (secondary N) is 1. The third-order valence-electron chi connectivity index (χ3n) is 3.04. The predicted octanol–water partition coefficient (Wildman–Crippen LogP) is 2.38. The highest BCUT2D eigenvalue weighted by Crippen LogP contribution is 2.20. The molecule has 7 nitrogen and oxygen atoms in total. The van der Waals surface area contributed by atoms with Crippen LogP contribution >= 0.6 is 11.8 Å². The van der Waals surface area contributed by atoms with Gasteiger partial charge in [-0.05, 0) is 26.0 Å². The number of ether oxygens (including phenoxy) is 1. The lowest BCUT2D eigenvalue weighted by atomic mass is 10.2. The van der Waals surface area contributed by atoms with Crippen LogP contribution in [0.3, 0.4) is 0 Å². The summed E-state index contributed by atoms with van der Waals surface area (Å²) in [6.45, 7) is 4.03. The Morgan fingerprint density at radius 2 is 2.09 bits per heavy atom. The van der Waals surface area contributed by atoms with Gasteiger partial charge >= 0.3 is 5.97 Å². The van der Waals surface area contributed by atoms with Crippen LogP contribution in [-0.4, -0.2) is 39.5 Å². The largest absolute Gasteiger partial charge is 0.465 e. The maximum absolute atomic E-state index is 12.1. The average molecular weight is 334 g/mol. The van der Waals surface area contributed by atoms with Crippen molar-refractivity contribution >= 4 is 29.3 Å². The lowest BCUT2D eigenvalue weighted by Crippen LogP contribution is -2.17. The van der Waals surface area contributed by atoms with Crippen LogP contribution in [0.1, 0.15) is 30.2 Å². The zero-order valence-electron chi connectivity index (χ0n) is 13.1. The summed E-state index contributed by atoms with van der Waals surface area (Å²) < 4.78 is 6.59. The Balaban J connectivity index is 2.00. The summed E-state index contributed by atoms with van der Waals surface area (Å²) in [5, 5.41) is 11.2. The summed E-state index contributed by atoms with van der Waals surface area (Å²) in [5.41, 5.74) is 0.744. The molecule has 1 aromatic carbocycles. The summed E-state index contributed by atoms with van der Waals surface area (Å²) in [7, 11) is 1.30. The number of amides is 1. The molecule has 0 aliphatic heterocycles. The fraction of sp³-hybridized carbons (Fsp3) is 0.333. The fourth-order valence-corrected chi connectivity index (χ4v) is 2.73. The number of methoxy groups -OCH3 is 1. The van der Waals surface area contributed by atoms with Gasteiger partial charge in [0.25, 0.3) is 0 Å².